The molecule has 0 bridgehead atoms. The second kappa shape index (κ2) is 3.73. The molecule has 14 heavy (non-hydrogen) atoms. The van der Waals surface area contributed by atoms with Crippen LogP contribution in [0.4, 0.5) is 0 Å². The molecule has 0 N–H and O–H groups in total. The molecule has 0 aromatic heterocycles. The molecule has 2 unspecified atom stereocenters. The van der Waals surface area contributed by atoms with E-state index < -0.39 is 0 Å². The Morgan fingerprint density at radius 3 is 2.14 bits per heavy atom. The summed E-state index contributed by atoms with van der Waals surface area (Å²) in [6.07, 6.45) is 5.37. The summed E-state index contributed by atoms with van der Waals surface area (Å²) < 4.78 is 0. The third-order valence-corrected chi connectivity index (χ3v) is 3.08. The van der Waals surface area contributed by atoms with E-state index in [1.807, 2.05) is 12.2 Å². The zero-order valence-electron chi connectivity index (χ0n) is 7.78. The fourth-order valence-electron chi connectivity index (χ4n) is 2.17. The van der Waals surface area contributed by atoms with Crippen LogP contribution in [0, 0.1) is 11.8 Å². The van der Waals surface area contributed by atoms with Gasteiger partial charge in [0.2, 0.25) is 11.8 Å². The quantitative estimate of drug-likeness (QED) is 0.393. The molecule has 0 aromatic rings. The van der Waals surface area contributed by atoms with Crippen LogP contribution in [-0.4, -0.2) is 29.1 Å². The van der Waals surface area contributed by atoms with Crippen molar-refractivity contribution in [3.8, 4) is 0 Å². The van der Waals surface area contributed by atoms with E-state index in [9.17, 15) is 9.59 Å². The predicted molar refractivity (Wildman–Crippen MR) is 52.8 cm³/mol. The van der Waals surface area contributed by atoms with Crippen LogP contribution in [-0.2, 0) is 9.59 Å². The lowest BCUT2D eigenvalue weighted by Crippen LogP contribution is -2.32. The smallest absolute Gasteiger partial charge is 0.233 e. The van der Waals surface area contributed by atoms with Crippen molar-refractivity contribution < 1.29 is 9.59 Å². The van der Waals surface area contributed by atoms with Gasteiger partial charge in [-0.1, -0.05) is 12.2 Å². The Morgan fingerprint density at radius 2 is 1.71 bits per heavy atom. The lowest BCUT2D eigenvalue weighted by atomic mass is 9.85. The lowest BCUT2D eigenvalue weighted by molar-refractivity contribution is -0.139. The SMILES string of the molecule is O=C1C2CC=CCC2C(=O)N1CCCl. The number of carbonyl (C=O) groups is 2. The summed E-state index contributed by atoms with van der Waals surface area (Å²) in [7, 11) is 0. The molecule has 1 heterocycles. The summed E-state index contributed by atoms with van der Waals surface area (Å²) in [5.74, 6) is 0.0195. The van der Waals surface area contributed by atoms with Crippen LogP contribution in [0.1, 0.15) is 12.8 Å². The standard InChI is InChI=1S/C10H12ClNO2/c11-5-6-12-9(13)7-3-1-2-4-8(7)10(12)14/h1-2,7-8H,3-6H2. The van der Waals surface area contributed by atoms with Crippen LogP contribution in [0.5, 0.6) is 0 Å². The number of alkyl halides is 1. The van der Waals surface area contributed by atoms with E-state index in [2.05, 4.69) is 0 Å². The monoisotopic (exact) mass is 213 g/mol. The molecule has 1 saturated heterocycles. The minimum absolute atomic E-state index is 0.0370. The summed E-state index contributed by atoms with van der Waals surface area (Å²) in [6, 6.07) is 0. The van der Waals surface area contributed by atoms with Crippen molar-refractivity contribution in [3.63, 3.8) is 0 Å². The molecule has 2 rings (SSSR count). The molecule has 0 aromatic carbocycles. The number of nitrogens with zero attached hydrogens (tertiary/aromatic N) is 1. The first-order chi connectivity index (χ1) is 6.75. The van der Waals surface area contributed by atoms with E-state index in [0.717, 1.165) is 0 Å². The Bertz CT molecular complexity index is 274. The van der Waals surface area contributed by atoms with Gasteiger partial charge >= 0.3 is 0 Å². The van der Waals surface area contributed by atoms with Crippen LogP contribution in [0.25, 0.3) is 0 Å². The number of hydrogen-bond acceptors (Lipinski definition) is 2. The van der Waals surface area contributed by atoms with E-state index >= 15 is 0 Å². The molecule has 2 amide bonds. The molecule has 1 fully saturated rings. The molecule has 0 radical (unpaired) electrons. The van der Waals surface area contributed by atoms with E-state index in [0.29, 0.717) is 25.3 Å². The Kier molecular flexibility index (Phi) is 2.59. The highest BCUT2D eigenvalue weighted by Crippen LogP contribution is 2.34. The molecule has 2 atom stereocenters. The summed E-state index contributed by atoms with van der Waals surface area (Å²) in [4.78, 5) is 24.8. The summed E-state index contributed by atoms with van der Waals surface area (Å²) in [5.41, 5.74) is 0. The highest BCUT2D eigenvalue weighted by Gasteiger charge is 2.46. The number of rotatable bonds is 2. The number of halogens is 1. The fourth-order valence-corrected chi connectivity index (χ4v) is 2.34. The van der Waals surface area contributed by atoms with Crippen LogP contribution in [0.3, 0.4) is 0 Å². The first kappa shape index (κ1) is 9.71. The molecule has 1 aliphatic heterocycles. The highest BCUT2D eigenvalue weighted by atomic mass is 35.5. The van der Waals surface area contributed by atoms with Gasteiger partial charge in [-0.3, -0.25) is 14.5 Å². The van der Waals surface area contributed by atoms with Gasteiger partial charge in [0, 0.05) is 12.4 Å². The van der Waals surface area contributed by atoms with Gasteiger partial charge in [-0.2, -0.15) is 0 Å². The fraction of sp³-hybridized carbons (Fsp3) is 0.600. The van der Waals surface area contributed by atoms with Crippen molar-refractivity contribution in [1.29, 1.82) is 0 Å². The van der Waals surface area contributed by atoms with Crippen LogP contribution in [0.15, 0.2) is 12.2 Å². The van der Waals surface area contributed by atoms with Gasteiger partial charge in [0.05, 0.1) is 11.8 Å². The summed E-state index contributed by atoms with van der Waals surface area (Å²) in [6.45, 7) is 0.353. The average Bonchev–Trinajstić information content (AvgIpc) is 2.45. The van der Waals surface area contributed by atoms with Crippen LogP contribution < -0.4 is 0 Å². The Hall–Kier alpha value is -0.830. The Morgan fingerprint density at radius 1 is 1.21 bits per heavy atom. The zero-order valence-corrected chi connectivity index (χ0v) is 8.54. The molecule has 2 aliphatic rings. The van der Waals surface area contributed by atoms with Crippen LogP contribution in [0.2, 0.25) is 0 Å². The molecule has 1 aliphatic carbocycles. The van der Waals surface area contributed by atoms with Crippen molar-refractivity contribution in [2.45, 2.75) is 12.8 Å². The maximum atomic E-state index is 11.8. The van der Waals surface area contributed by atoms with E-state index in [4.69, 9.17) is 11.6 Å². The third kappa shape index (κ3) is 1.36. The number of fused-ring (bicyclic) bond motifs is 1. The molecule has 0 spiro atoms. The van der Waals surface area contributed by atoms with Gasteiger partial charge in [-0.25, -0.2) is 0 Å². The minimum Gasteiger partial charge on any atom is -0.281 e. The lowest BCUT2D eigenvalue weighted by Gasteiger charge is -2.14. The van der Waals surface area contributed by atoms with E-state index in [1.54, 1.807) is 0 Å². The zero-order chi connectivity index (χ0) is 10.1. The topological polar surface area (TPSA) is 37.4 Å². The average molecular weight is 214 g/mol. The van der Waals surface area contributed by atoms with Crippen LogP contribution >= 0.6 is 11.6 Å². The van der Waals surface area contributed by atoms with Crippen molar-refractivity contribution in [3.05, 3.63) is 12.2 Å². The normalized spacial score (nSPS) is 31.1. The number of hydrogen-bond donors (Lipinski definition) is 0. The molecular weight excluding hydrogens is 202 g/mol. The van der Waals surface area contributed by atoms with Gasteiger partial charge in [0.1, 0.15) is 0 Å². The molecule has 0 saturated carbocycles. The number of imide groups is 1. The van der Waals surface area contributed by atoms with E-state index in [1.165, 1.54) is 4.90 Å². The van der Waals surface area contributed by atoms with Crippen molar-refractivity contribution in [2.24, 2.45) is 11.8 Å². The largest absolute Gasteiger partial charge is 0.281 e. The minimum atomic E-state index is -0.115. The molecule has 76 valence electrons. The maximum absolute atomic E-state index is 11.8. The van der Waals surface area contributed by atoms with Crippen molar-refractivity contribution >= 4 is 23.4 Å². The molecule has 4 heteroatoms. The number of amides is 2. The first-order valence-electron chi connectivity index (χ1n) is 4.82. The highest BCUT2D eigenvalue weighted by molar-refractivity contribution is 6.18. The molecular formula is C10H12ClNO2. The Labute approximate surface area is 87.7 Å². The second-order valence-electron chi connectivity index (χ2n) is 3.67. The summed E-state index contributed by atoms with van der Waals surface area (Å²) >= 11 is 5.55. The first-order valence-corrected chi connectivity index (χ1v) is 5.35. The molecule has 3 nitrogen and oxygen atoms in total. The maximum Gasteiger partial charge on any atom is 0.233 e. The number of carbonyl (C=O) groups excluding carboxylic acids is 2. The van der Waals surface area contributed by atoms with E-state index in [-0.39, 0.29) is 23.7 Å². The van der Waals surface area contributed by atoms with Crippen molar-refractivity contribution in [1.82, 2.24) is 4.90 Å². The predicted octanol–water partition coefficient (Wildman–Crippen LogP) is 1.18. The van der Waals surface area contributed by atoms with Gasteiger partial charge in [0.15, 0.2) is 0 Å². The third-order valence-electron chi connectivity index (χ3n) is 2.91. The second-order valence-corrected chi connectivity index (χ2v) is 4.05. The van der Waals surface area contributed by atoms with Crippen molar-refractivity contribution in [2.75, 3.05) is 12.4 Å². The number of allylic oxidation sites excluding steroid dienone is 2. The van der Waals surface area contributed by atoms with Gasteiger partial charge in [0.25, 0.3) is 0 Å². The summed E-state index contributed by atoms with van der Waals surface area (Å²) in [5, 5.41) is 0. The number of likely N-dealkylation sites (tertiary alicyclic amines) is 1. The van der Waals surface area contributed by atoms with Gasteiger partial charge < -0.3 is 0 Å². The van der Waals surface area contributed by atoms with Gasteiger partial charge in [-0.05, 0) is 12.8 Å². The van der Waals surface area contributed by atoms with Gasteiger partial charge in [-0.15, -0.1) is 11.6 Å². The Balaban J connectivity index is 2.19.